The highest BCUT2D eigenvalue weighted by atomic mass is 16.5. The second kappa shape index (κ2) is 6.88. The van der Waals surface area contributed by atoms with Crippen LogP contribution in [0.4, 0.5) is 0 Å². The Morgan fingerprint density at radius 3 is 2.29 bits per heavy atom. The first kappa shape index (κ1) is 12.4. The van der Waals surface area contributed by atoms with Crippen LogP contribution >= 0.6 is 0 Å². The molecule has 0 unspecified atom stereocenters. The van der Waals surface area contributed by atoms with Crippen LogP contribution < -0.4 is 0 Å². The number of carbonyl (C=O) groups is 2. The van der Waals surface area contributed by atoms with Gasteiger partial charge >= 0.3 is 11.9 Å². The Bertz CT molecular complexity index is 263. The van der Waals surface area contributed by atoms with E-state index < -0.39 is 5.97 Å². The summed E-state index contributed by atoms with van der Waals surface area (Å²) in [4.78, 5) is 21.4. The molecule has 0 aromatic carbocycles. The molecule has 0 spiro atoms. The van der Waals surface area contributed by atoms with E-state index in [2.05, 4.69) is 9.47 Å². The molecule has 0 atom stereocenters. The highest BCUT2D eigenvalue weighted by Crippen LogP contribution is 1.98. The summed E-state index contributed by atoms with van der Waals surface area (Å²) in [6.07, 6.45) is 4.75. The lowest BCUT2D eigenvalue weighted by molar-refractivity contribution is -0.139. The number of ether oxygens (including phenoxy) is 2. The molecule has 14 heavy (non-hydrogen) atoms. The van der Waals surface area contributed by atoms with Crippen LogP contribution in [-0.2, 0) is 19.1 Å². The second-order valence-electron chi connectivity index (χ2n) is 2.58. The third-order valence-electron chi connectivity index (χ3n) is 1.50. The van der Waals surface area contributed by atoms with Crippen LogP contribution in [0, 0.1) is 0 Å². The van der Waals surface area contributed by atoms with E-state index in [-0.39, 0.29) is 12.4 Å². The Morgan fingerprint density at radius 1 is 1.14 bits per heavy atom. The molecule has 0 amide bonds. The zero-order valence-corrected chi connectivity index (χ0v) is 8.57. The van der Waals surface area contributed by atoms with Gasteiger partial charge in [0.05, 0.1) is 20.6 Å². The molecule has 0 bridgehead atoms. The van der Waals surface area contributed by atoms with Crippen molar-refractivity contribution in [2.24, 2.45) is 0 Å². The van der Waals surface area contributed by atoms with Gasteiger partial charge in [-0.15, -0.1) is 0 Å². The molecule has 0 heterocycles. The van der Waals surface area contributed by atoms with Crippen LogP contribution in [-0.4, -0.2) is 26.2 Å². The van der Waals surface area contributed by atoms with Crippen molar-refractivity contribution in [1.29, 1.82) is 0 Å². The van der Waals surface area contributed by atoms with Crippen LogP contribution in [0.25, 0.3) is 0 Å². The lowest BCUT2D eigenvalue weighted by Gasteiger charge is -1.94. The Kier molecular flexibility index (Phi) is 6.11. The number of methoxy groups -OCH3 is 2. The van der Waals surface area contributed by atoms with Gasteiger partial charge in [-0.1, -0.05) is 17.7 Å². The maximum absolute atomic E-state index is 10.7. The number of carbonyl (C=O) groups excluding carboxylic acids is 2. The fraction of sp³-hybridized carbons (Fsp3) is 0.400. The van der Waals surface area contributed by atoms with Crippen molar-refractivity contribution in [3.63, 3.8) is 0 Å². The third kappa shape index (κ3) is 5.99. The molecule has 0 fully saturated rings. The smallest absolute Gasteiger partial charge is 0.330 e. The summed E-state index contributed by atoms with van der Waals surface area (Å²) in [5, 5.41) is 0. The Morgan fingerprint density at radius 2 is 1.79 bits per heavy atom. The van der Waals surface area contributed by atoms with Crippen LogP contribution in [0.1, 0.15) is 13.3 Å². The van der Waals surface area contributed by atoms with Gasteiger partial charge in [0.1, 0.15) is 0 Å². The van der Waals surface area contributed by atoms with Gasteiger partial charge in [0.15, 0.2) is 0 Å². The van der Waals surface area contributed by atoms with Crippen molar-refractivity contribution >= 4 is 11.9 Å². The summed E-state index contributed by atoms with van der Waals surface area (Å²) in [5.74, 6) is -0.730. The lowest BCUT2D eigenvalue weighted by atomic mass is 10.2. The fourth-order valence-corrected chi connectivity index (χ4v) is 0.663. The Hall–Kier alpha value is -1.58. The van der Waals surface area contributed by atoms with Crippen molar-refractivity contribution in [2.45, 2.75) is 13.3 Å². The van der Waals surface area contributed by atoms with Gasteiger partial charge in [-0.05, 0) is 6.92 Å². The van der Waals surface area contributed by atoms with Gasteiger partial charge < -0.3 is 9.47 Å². The van der Waals surface area contributed by atoms with E-state index in [9.17, 15) is 9.59 Å². The quantitative estimate of drug-likeness (QED) is 0.387. The molecule has 78 valence electrons. The minimum Gasteiger partial charge on any atom is -0.469 e. The lowest BCUT2D eigenvalue weighted by Crippen LogP contribution is -1.97. The normalized spacial score (nSPS) is 11.5. The number of esters is 2. The minimum absolute atomic E-state index is 0.202. The molecule has 0 rings (SSSR count). The summed E-state index contributed by atoms with van der Waals surface area (Å²) in [7, 11) is 2.63. The molecule has 0 N–H and O–H groups in total. The third-order valence-corrected chi connectivity index (χ3v) is 1.50. The monoisotopic (exact) mass is 198 g/mol. The maximum Gasteiger partial charge on any atom is 0.330 e. The first-order valence-corrected chi connectivity index (χ1v) is 4.09. The van der Waals surface area contributed by atoms with Crippen LogP contribution in [0.2, 0.25) is 0 Å². The molecule has 4 heteroatoms. The first-order chi connectivity index (χ1) is 6.60. The summed E-state index contributed by atoms with van der Waals surface area (Å²) >= 11 is 0. The SMILES string of the molecule is COC(=O)/C=C/C(C)=C/CC(=O)OC. The average Bonchev–Trinajstić information content (AvgIpc) is 2.22. The molecule has 0 saturated carbocycles. The van der Waals surface area contributed by atoms with Crippen LogP contribution in [0.5, 0.6) is 0 Å². The average molecular weight is 198 g/mol. The molecule has 0 aromatic heterocycles. The predicted octanol–water partition coefficient (Wildman–Crippen LogP) is 1.22. The molecule has 0 aliphatic rings. The summed E-state index contributed by atoms with van der Waals surface area (Å²) < 4.78 is 8.85. The molecular formula is C10H14O4. The predicted molar refractivity (Wildman–Crippen MR) is 51.5 cm³/mol. The van der Waals surface area contributed by atoms with Gasteiger partial charge in [0.2, 0.25) is 0 Å². The summed E-state index contributed by atoms with van der Waals surface area (Å²) in [6.45, 7) is 1.78. The van der Waals surface area contributed by atoms with Crippen molar-refractivity contribution in [1.82, 2.24) is 0 Å². The van der Waals surface area contributed by atoms with E-state index in [1.807, 2.05) is 0 Å². The number of rotatable bonds is 4. The first-order valence-electron chi connectivity index (χ1n) is 4.09. The topological polar surface area (TPSA) is 52.6 Å². The van der Waals surface area contributed by atoms with Crippen molar-refractivity contribution in [3.05, 3.63) is 23.8 Å². The number of hydrogen-bond acceptors (Lipinski definition) is 4. The molecule has 0 aliphatic heterocycles. The number of allylic oxidation sites excluding steroid dienone is 2. The van der Waals surface area contributed by atoms with Gasteiger partial charge in [-0.25, -0.2) is 4.79 Å². The molecule has 0 radical (unpaired) electrons. The largest absolute Gasteiger partial charge is 0.469 e. The maximum atomic E-state index is 10.7. The molecule has 0 aliphatic carbocycles. The highest BCUT2D eigenvalue weighted by molar-refractivity contribution is 5.82. The van der Waals surface area contributed by atoms with E-state index in [1.165, 1.54) is 20.3 Å². The van der Waals surface area contributed by atoms with E-state index in [1.54, 1.807) is 19.1 Å². The van der Waals surface area contributed by atoms with Gasteiger partial charge in [-0.3, -0.25) is 4.79 Å². The molecule has 4 nitrogen and oxygen atoms in total. The van der Waals surface area contributed by atoms with E-state index in [0.29, 0.717) is 0 Å². The Labute approximate surface area is 83.2 Å². The van der Waals surface area contributed by atoms with Crippen molar-refractivity contribution < 1.29 is 19.1 Å². The van der Waals surface area contributed by atoms with Crippen molar-refractivity contribution in [2.75, 3.05) is 14.2 Å². The summed E-state index contributed by atoms with van der Waals surface area (Å²) in [5.41, 5.74) is 0.806. The Balaban J connectivity index is 4.06. The second-order valence-corrected chi connectivity index (χ2v) is 2.58. The van der Waals surface area contributed by atoms with Crippen molar-refractivity contribution in [3.8, 4) is 0 Å². The minimum atomic E-state index is -0.421. The van der Waals surface area contributed by atoms with Gasteiger partial charge in [0, 0.05) is 6.08 Å². The zero-order chi connectivity index (χ0) is 11.0. The summed E-state index contributed by atoms with van der Waals surface area (Å²) in [6, 6.07) is 0. The molecule has 0 aromatic rings. The van der Waals surface area contributed by atoms with E-state index in [0.717, 1.165) is 5.57 Å². The van der Waals surface area contributed by atoms with E-state index >= 15 is 0 Å². The van der Waals surface area contributed by atoms with Gasteiger partial charge in [0.25, 0.3) is 0 Å². The molecular weight excluding hydrogens is 184 g/mol. The number of hydrogen-bond donors (Lipinski definition) is 0. The standard InChI is InChI=1S/C10H14O4/c1-8(4-6-9(11)13-2)5-7-10(12)14-3/h4-6H,7H2,1-3H3/b6-4+,8-5+. The van der Waals surface area contributed by atoms with Crippen LogP contribution in [0.15, 0.2) is 23.8 Å². The zero-order valence-electron chi connectivity index (χ0n) is 8.57. The van der Waals surface area contributed by atoms with Crippen LogP contribution in [0.3, 0.4) is 0 Å². The molecule has 0 saturated heterocycles. The fourth-order valence-electron chi connectivity index (χ4n) is 0.663. The van der Waals surface area contributed by atoms with E-state index in [4.69, 9.17) is 0 Å². The highest BCUT2D eigenvalue weighted by Gasteiger charge is 1.95. The van der Waals surface area contributed by atoms with Gasteiger partial charge in [-0.2, -0.15) is 0 Å².